The van der Waals surface area contributed by atoms with Gasteiger partial charge in [-0.05, 0) is 97.9 Å². The first-order valence-electron chi connectivity index (χ1n) is 19.8. The number of aromatic nitrogens is 2. The lowest BCUT2D eigenvalue weighted by molar-refractivity contribution is -0.144. The number of nitrogens with zero attached hydrogens (tertiary/aromatic N) is 2. The first-order valence-corrected chi connectivity index (χ1v) is 20.5. The number of nitrogens with one attached hydrogen (secondary N) is 2. The number of ether oxygens (including phenoxy) is 4. The van der Waals surface area contributed by atoms with Gasteiger partial charge in [0.15, 0.2) is 0 Å². The van der Waals surface area contributed by atoms with Crippen LogP contribution in [0, 0.1) is 25.7 Å². The summed E-state index contributed by atoms with van der Waals surface area (Å²) in [6, 6.07) is 16.0. The minimum absolute atomic E-state index is 0.0945. The van der Waals surface area contributed by atoms with Crippen molar-refractivity contribution in [3.8, 4) is 34.6 Å². The summed E-state index contributed by atoms with van der Waals surface area (Å²) in [6.45, 7) is 5.47. The number of benzene rings is 2. The Morgan fingerprint density at radius 1 is 0.655 bits per heavy atom. The number of pyridine rings is 2. The van der Waals surface area contributed by atoms with Gasteiger partial charge in [-0.15, -0.1) is 0 Å². The van der Waals surface area contributed by atoms with Crippen molar-refractivity contribution in [1.82, 2.24) is 20.6 Å². The summed E-state index contributed by atoms with van der Waals surface area (Å²) < 4.78 is 23.6. The van der Waals surface area contributed by atoms with Crippen LogP contribution in [-0.4, -0.2) is 58.4 Å². The molecule has 310 valence electrons. The molecule has 4 atom stereocenters. The van der Waals surface area contributed by atoms with E-state index in [0.29, 0.717) is 60.6 Å². The van der Waals surface area contributed by atoms with E-state index in [0.717, 1.165) is 70.2 Å². The molecule has 2 aromatic carbocycles. The number of carboxylic acid groups (broad SMARTS) is 2. The fourth-order valence-electron chi connectivity index (χ4n) is 8.06. The quantitative estimate of drug-likeness (QED) is 0.0802. The lowest BCUT2D eigenvalue weighted by atomic mass is 9.86. The molecule has 0 bridgehead atoms. The molecule has 58 heavy (non-hydrogen) atoms. The Labute approximate surface area is 349 Å². The topological polar surface area (TPSA) is 161 Å². The average Bonchev–Trinajstić information content (AvgIpc) is 3.22. The summed E-state index contributed by atoms with van der Waals surface area (Å²) in [7, 11) is 3.10. The molecule has 4 N–H and O–H groups in total. The first kappa shape index (κ1) is 43.0. The van der Waals surface area contributed by atoms with Gasteiger partial charge in [-0.1, -0.05) is 72.4 Å². The highest BCUT2D eigenvalue weighted by molar-refractivity contribution is 6.32. The van der Waals surface area contributed by atoms with E-state index < -0.39 is 11.9 Å². The van der Waals surface area contributed by atoms with Gasteiger partial charge < -0.3 is 39.8 Å². The molecule has 2 heterocycles. The zero-order valence-electron chi connectivity index (χ0n) is 33.4. The van der Waals surface area contributed by atoms with E-state index in [9.17, 15) is 19.8 Å². The second kappa shape index (κ2) is 19.9. The largest absolute Gasteiger partial charge is 0.481 e. The monoisotopic (exact) mass is 834 g/mol. The van der Waals surface area contributed by atoms with E-state index in [1.807, 2.05) is 24.3 Å². The van der Waals surface area contributed by atoms with Crippen molar-refractivity contribution in [3.05, 3.63) is 92.0 Å². The third-order valence-electron chi connectivity index (χ3n) is 11.5. The maximum Gasteiger partial charge on any atom is 0.306 e. The van der Waals surface area contributed by atoms with E-state index in [1.54, 1.807) is 26.4 Å². The fourth-order valence-corrected chi connectivity index (χ4v) is 8.52. The third kappa shape index (κ3) is 10.5. The number of rotatable bonds is 17. The summed E-state index contributed by atoms with van der Waals surface area (Å²) in [5.74, 6) is -0.825. The van der Waals surface area contributed by atoms with E-state index in [-0.39, 0.29) is 48.9 Å². The van der Waals surface area contributed by atoms with Crippen molar-refractivity contribution in [2.75, 3.05) is 14.2 Å². The molecule has 0 radical (unpaired) electrons. The summed E-state index contributed by atoms with van der Waals surface area (Å²) >= 11 is 13.4. The molecule has 0 saturated heterocycles. The number of methoxy groups -OCH3 is 2. The Morgan fingerprint density at radius 2 is 1.07 bits per heavy atom. The van der Waals surface area contributed by atoms with Gasteiger partial charge in [-0.3, -0.25) is 9.59 Å². The summed E-state index contributed by atoms with van der Waals surface area (Å²) in [4.78, 5) is 32.2. The minimum atomic E-state index is -0.742. The summed E-state index contributed by atoms with van der Waals surface area (Å²) in [6.07, 6.45) is 6.18. The van der Waals surface area contributed by atoms with Crippen LogP contribution in [0.15, 0.2) is 48.5 Å². The predicted octanol–water partition coefficient (Wildman–Crippen LogP) is 8.71. The van der Waals surface area contributed by atoms with Crippen LogP contribution in [0.1, 0.15) is 84.7 Å². The maximum atomic E-state index is 11.5. The number of halogens is 2. The van der Waals surface area contributed by atoms with E-state index in [4.69, 9.17) is 42.1 Å². The molecule has 4 unspecified atom stereocenters. The molecule has 0 spiro atoms. The summed E-state index contributed by atoms with van der Waals surface area (Å²) in [5, 5.41) is 26.6. The molecule has 2 saturated carbocycles. The van der Waals surface area contributed by atoms with Gasteiger partial charge in [0.05, 0.1) is 26.1 Å². The second-order valence-electron chi connectivity index (χ2n) is 15.2. The van der Waals surface area contributed by atoms with Gasteiger partial charge in [-0.25, -0.2) is 0 Å². The molecule has 6 rings (SSSR count). The third-order valence-corrected chi connectivity index (χ3v) is 12.0. The molecule has 2 aromatic heterocycles. The predicted molar refractivity (Wildman–Crippen MR) is 222 cm³/mol. The van der Waals surface area contributed by atoms with Crippen molar-refractivity contribution in [2.45, 2.75) is 104 Å². The van der Waals surface area contributed by atoms with Crippen LogP contribution in [0.25, 0.3) is 11.1 Å². The molecule has 2 aliphatic carbocycles. The molecule has 14 heteroatoms. The first-order chi connectivity index (χ1) is 27.9. The normalized spacial score (nSPS) is 19.3. The fraction of sp³-hybridized carbons (Fsp3) is 0.455. The highest BCUT2D eigenvalue weighted by atomic mass is 35.5. The Hall–Kier alpha value is -4.62. The molecule has 0 amide bonds. The minimum Gasteiger partial charge on any atom is -0.481 e. The van der Waals surface area contributed by atoms with Gasteiger partial charge in [0.25, 0.3) is 0 Å². The molecule has 12 nitrogen and oxygen atoms in total. The molecular weight excluding hydrogens is 783 g/mol. The van der Waals surface area contributed by atoms with Crippen LogP contribution in [0.4, 0.5) is 0 Å². The van der Waals surface area contributed by atoms with Crippen LogP contribution < -0.4 is 29.6 Å². The number of hydrogen-bond donors (Lipinski definition) is 4. The SMILES string of the molecule is COc1nc(OCc2cccc(-c3cccc(COc4nc(OC)c(CNC5CCCC(C(=O)O)C5)cc4Cl)c3C)c2C)c(Cl)cc1CNC1CCCC(C(=O)O)C1. The highest BCUT2D eigenvalue weighted by Crippen LogP contribution is 2.35. The Bertz CT molecular complexity index is 1950. The van der Waals surface area contributed by atoms with E-state index in [1.165, 1.54) is 0 Å². The van der Waals surface area contributed by atoms with Crippen molar-refractivity contribution in [3.63, 3.8) is 0 Å². The molecule has 0 aliphatic heterocycles. The van der Waals surface area contributed by atoms with E-state index in [2.05, 4.69) is 46.6 Å². The molecule has 4 aromatic rings. The Morgan fingerprint density at radius 3 is 1.45 bits per heavy atom. The van der Waals surface area contributed by atoms with Crippen molar-refractivity contribution < 1.29 is 38.7 Å². The highest BCUT2D eigenvalue weighted by Gasteiger charge is 2.28. The van der Waals surface area contributed by atoms with Gasteiger partial charge in [0.2, 0.25) is 23.5 Å². The van der Waals surface area contributed by atoms with E-state index >= 15 is 0 Å². The van der Waals surface area contributed by atoms with Crippen molar-refractivity contribution in [1.29, 1.82) is 0 Å². The zero-order valence-corrected chi connectivity index (χ0v) is 34.9. The number of carboxylic acids is 2. The standard InChI is InChI=1S/C44H52Cl2N4O8/c1-25-29(23-57-41-37(45)19-31(39(49-41)55-3)21-47-33-13-5-9-27(17-33)43(51)52)11-7-15-35(25)36-16-8-12-30(26(36)2)24-58-42-38(46)20-32(40(50-42)56-4)22-48-34-14-6-10-28(18-34)44(53)54/h7-8,11-12,15-16,19-20,27-28,33-34,47-48H,5-6,9-10,13-14,17-18,21-24H2,1-4H3,(H,51,52)(H,53,54). The average molecular weight is 836 g/mol. The zero-order chi connectivity index (χ0) is 41.3. The van der Waals surface area contributed by atoms with Crippen molar-refractivity contribution >= 4 is 35.1 Å². The Kier molecular flexibility index (Phi) is 14.7. The molecule has 2 fully saturated rings. The number of carbonyl (C=O) groups is 2. The van der Waals surface area contributed by atoms with Gasteiger partial charge >= 0.3 is 11.9 Å². The van der Waals surface area contributed by atoms with Crippen LogP contribution in [0.2, 0.25) is 10.0 Å². The molecular formula is C44H52Cl2N4O8. The van der Waals surface area contributed by atoms with Crippen LogP contribution >= 0.6 is 23.2 Å². The van der Waals surface area contributed by atoms with Crippen LogP contribution in [0.5, 0.6) is 23.5 Å². The lowest BCUT2D eigenvalue weighted by Crippen LogP contribution is -2.36. The number of aliphatic carboxylic acids is 2. The van der Waals surface area contributed by atoms with Gasteiger partial charge in [-0.2, -0.15) is 9.97 Å². The lowest BCUT2D eigenvalue weighted by Gasteiger charge is -2.27. The van der Waals surface area contributed by atoms with Crippen LogP contribution in [0.3, 0.4) is 0 Å². The smallest absolute Gasteiger partial charge is 0.306 e. The molecule has 2 aliphatic rings. The second-order valence-corrected chi connectivity index (χ2v) is 16.0. The van der Waals surface area contributed by atoms with Gasteiger partial charge in [0, 0.05) is 36.3 Å². The Balaban J connectivity index is 1.10. The maximum absolute atomic E-state index is 11.5. The van der Waals surface area contributed by atoms with Gasteiger partial charge in [0.1, 0.15) is 23.3 Å². The van der Waals surface area contributed by atoms with Crippen molar-refractivity contribution in [2.24, 2.45) is 11.8 Å². The summed E-state index contributed by atoms with van der Waals surface area (Å²) in [5.41, 5.74) is 7.66. The van der Waals surface area contributed by atoms with Crippen LogP contribution in [-0.2, 0) is 35.9 Å². The number of hydrogen-bond acceptors (Lipinski definition) is 10.